The van der Waals surface area contributed by atoms with Crippen molar-refractivity contribution in [3.63, 3.8) is 0 Å². The first-order chi connectivity index (χ1) is 15.0. The lowest BCUT2D eigenvalue weighted by molar-refractivity contribution is -0.145. The van der Waals surface area contributed by atoms with Crippen LogP contribution in [0.25, 0.3) is 11.1 Å². The minimum atomic E-state index is -1.09. The van der Waals surface area contributed by atoms with Gasteiger partial charge in [-0.2, -0.15) is 0 Å². The highest BCUT2D eigenvalue weighted by Crippen LogP contribution is 2.44. The number of aliphatic carboxylic acids is 1. The van der Waals surface area contributed by atoms with Gasteiger partial charge in [-0.25, -0.2) is 4.79 Å². The molecule has 0 unspecified atom stereocenters. The number of carbonyl (C=O) groups excluding carboxylic acids is 2. The number of hydrogen-bond acceptors (Lipinski definition) is 4. The molecule has 0 bridgehead atoms. The Hall–Kier alpha value is -3.35. The van der Waals surface area contributed by atoms with Crippen LogP contribution in [0.4, 0.5) is 4.79 Å². The van der Waals surface area contributed by atoms with Crippen LogP contribution >= 0.6 is 0 Å². The summed E-state index contributed by atoms with van der Waals surface area (Å²) < 4.78 is 5.51. The van der Waals surface area contributed by atoms with Gasteiger partial charge in [0, 0.05) is 12.5 Å². The second kappa shape index (κ2) is 10.1. The molecule has 0 saturated carbocycles. The number of alkyl carbamates (subject to hydrolysis) is 1. The quantitative estimate of drug-likeness (QED) is 0.641. The van der Waals surface area contributed by atoms with E-state index >= 15 is 0 Å². The summed E-state index contributed by atoms with van der Waals surface area (Å²) in [5.41, 5.74) is 4.49. The number of rotatable bonds is 9. The molecule has 31 heavy (non-hydrogen) atoms. The van der Waals surface area contributed by atoms with Gasteiger partial charge in [-0.15, -0.1) is 0 Å². The van der Waals surface area contributed by atoms with E-state index in [-0.39, 0.29) is 12.5 Å². The Bertz CT molecular complexity index is 913. The number of nitrogens with zero attached hydrogens (tertiary/aromatic N) is 1. The molecular formula is C24H28N2O5. The van der Waals surface area contributed by atoms with Crippen molar-refractivity contribution in [1.82, 2.24) is 10.2 Å². The van der Waals surface area contributed by atoms with Crippen molar-refractivity contribution in [2.24, 2.45) is 0 Å². The zero-order valence-corrected chi connectivity index (χ0v) is 17.8. The molecule has 2 aromatic rings. The molecule has 0 aliphatic heterocycles. The lowest BCUT2D eigenvalue weighted by Gasteiger charge is -2.25. The molecule has 0 saturated heterocycles. The highest BCUT2D eigenvalue weighted by molar-refractivity contribution is 5.88. The van der Waals surface area contributed by atoms with Gasteiger partial charge in [0.05, 0.1) is 0 Å². The second-order valence-corrected chi connectivity index (χ2v) is 7.58. The number of carbonyl (C=O) groups is 3. The maximum Gasteiger partial charge on any atom is 0.407 e. The van der Waals surface area contributed by atoms with Crippen LogP contribution in [0, 0.1) is 0 Å². The Kier molecular flexibility index (Phi) is 7.28. The minimum Gasteiger partial charge on any atom is -0.480 e. The Morgan fingerprint density at radius 3 is 2.13 bits per heavy atom. The number of nitrogens with one attached hydrogen (secondary N) is 1. The van der Waals surface area contributed by atoms with Crippen LogP contribution in [-0.4, -0.2) is 53.7 Å². The van der Waals surface area contributed by atoms with E-state index in [1.54, 1.807) is 6.92 Å². The molecule has 1 atom stereocenters. The van der Waals surface area contributed by atoms with Gasteiger partial charge in [0.15, 0.2) is 0 Å². The van der Waals surface area contributed by atoms with E-state index in [0.29, 0.717) is 19.4 Å². The van der Waals surface area contributed by atoms with Crippen LogP contribution in [-0.2, 0) is 14.3 Å². The van der Waals surface area contributed by atoms with E-state index in [0.717, 1.165) is 22.3 Å². The molecular weight excluding hydrogens is 396 g/mol. The standard InChI is InChI=1S/C24H28N2O5/c1-3-13-26(14-22(27)28)23(29)21(4-2)25-24(30)31-15-20-18-11-7-5-9-16(18)17-10-6-8-12-19(17)20/h5-12,20-21H,3-4,13-15H2,1-2H3,(H,25,30)(H,27,28)/t21-/m0/s1. The number of carboxylic acid groups (broad SMARTS) is 1. The molecule has 0 spiro atoms. The van der Waals surface area contributed by atoms with Crippen molar-refractivity contribution in [3.8, 4) is 11.1 Å². The third-order valence-corrected chi connectivity index (χ3v) is 5.47. The Morgan fingerprint density at radius 2 is 1.61 bits per heavy atom. The molecule has 0 radical (unpaired) electrons. The highest BCUT2D eigenvalue weighted by atomic mass is 16.5. The second-order valence-electron chi connectivity index (χ2n) is 7.58. The maximum absolute atomic E-state index is 12.7. The summed E-state index contributed by atoms with van der Waals surface area (Å²) >= 11 is 0. The zero-order chi connectivity index (χ0) is 22.4. The summed E-state index contributed by atoms with van der Waals surface area (Å²) in [5, 5.41) is 11.7. The van der Waals surface area contributed by atoms with Crippen LogP contribution in [0.1, 0.15) is 43.7 Å². The lowest BCUT2D eigenvalue weighted by atomic mass is 9.98. The first kappa shape index (κ1) is 22.3. The van der Waals surface area contributed by atoms with Crippen molar-refractivity contribution >= 4 is 18.0 Å². The Balaban J connectivity index is 1.65. The fraction of sp³-hybridized carbons (Fsp3) is 0.375. The van der Waals surface area contributed by atoms with Crippen LogP contribution in [0.15, 0.2) is 48.5 Å². The number of ether oxygens (including phenoxy) is 1. The van der Waals surface area contributed by atoms with Crippen LogP contribution < -0.4 is 5.32 Å². The Morgan fingerprint density at radius 1 is 1.03 bits per heavy atom. The molecule has 0 heterocycles. The average Bonchev–Trinajstić information content (AvgIpc) is 3.09. The molecule has 2 amide bonds. The lowest BCUT2D eigenvalue weighted by Crippen LogP contribution is -2.50. The zero-order valence-electron chi connectivity index (χ0n) is 17.8. The molecule has 7 heteroatoms. The van der Waals surface area contributed by atoms with Crippen LogP contribution in [0.5, 0.6) is 0 Å². The van der Waals surface area contributed by atoms with Gasteiger partial charge in [-0.3, -0.25) is 9.59 Å². The molecule has 7 nitrogen and oxygen atoms in total. The van der Waals surface area contributed by atoms with E-state index in [2.05, 4.69) is 17.4 Å². The smallest absolute Gasteiger partial charge is 0.407 e. The molecule has 0 fully saturated rings. The molecule has 1 aliphatic rings. The molecule has 2 aromatic carbocycles. The predicted molar refractivity (Wildman–Crippen MR) is 117 cm³/mol. The minimum absolute atomic E-state index is 0.0717. The molecule has 164 valence electrons. The molecule has 2 N–H and O–H groups in total. The predicted octanol–water partition coefficient (Wildman–Crippen LogP) is 3.63. The van der Waals surface area contributed by atoms with Crippen LogP contribution in [0.3, 0.4) is 0 Å². The number of amides is 2. The highest BCUT2D eigenvalue weighted by Gasteiger charge is 2.30. The number of fused-ring (bicyclic) bond motifs is 3. The van der Waals surface area contributed by atoms with Crippen molar-refractivity contribution in [2.75, 3.05) is 19.7 Å². The fourth-order valence-corrected chi connectivity index (χ4v) is 4.04. The molecule has 3 rings (SSSR count). The summed E-state index contributed by atoms with van der Waals surface area (Å²) in [5.74, 6) is -1.57. The number of hydrogen-bond donors (Lipinski definition) is 2. The van der Waals surface area contributed by atoms with Gasteiger partial charge in [0.2, 0.25) is 5.91 Å². The van der Waals surface area contributed by atoms with E-state index in [1.165, 1.54) is 4.90 Å². The average molecular weight is 424 g/mol. The van der Waals surface area contributed by atoms with E-state index in [1.807, 2.05) is 43.3 Å². The molecule has 1 aliphatic carbocycles. The fourth-order valence-electron chi connectivity index (χ4n) is 4.04. The summed E-state index contributed by atoms with van der Waals surface area (Å²) in [6.45, 7) is 3.70. The third kappa shape index (κ3) is 5.05. The first-order valence-corrected chi connectivity index (χ1v) is 10.6. The number of benzene rings is 2. The third-order valence-electron chi connectivity index (χ3n) is 5.47. The maximum atomic E-state index is 12.7. The summed E-state index contributed by atoms with van der Waals surface area (Å²) in [6, 6.07) is 15.3. The van der Waals surface area contributed by atoms with E-state index in [4.69, 9.17) is 9.84 Å². The summed E-state index contributed by atoms with van der Waals surface area (Å²) in [4.78, 5) is 37.5. The van der Waals surface area contributed by atoms with Crippen molar-refractivity contribution in [2.45, 2.75) is 38.6 Å². The van der Waals surface area contributed by atoms with Crippen molar-refractivity contribution in [3.05, 3.63) is 59.7 Å². The summed E-state index contributed by atoms with van der Waals surface area (Å²) in [7, 11) is 0. The normalized spacial score (nSPS) is 13.1. The number of carboxylic acids is 1. The van der Waals surface area contributed by atoms with Gasteiger partial charge < -0.3 is 20.1 Å². The van der Waals surface area contributed by atoms with E-state index < -0.39 is 30.6 Å². The topological polar surface area (TPSA) is 95.9 Å². The first-order valence-electron chi connectivity index (χ1n) is 10.6. The molecule has 0 aromatic heterocycles. The van der Waals surface area contributed by atoms with Crippen molar-refractivity contribution < 1.29 is 24.2 Å². The van der Waals surface area contributed by atoms with Gasteiger partial charge in [0.25, 0.3) is 0 Å². The van der Waals surface area contributed by atoms with Gasteiger partial charge in [0.1, 0.15) is 19.2 Å². The van der Waals surface area contributed by atoms with Crippen molar-refractivity contribution in [1.29, 1.82) is 0 Å². The SMILES string of the molecule is CCCN(CC(=O)O)C(=O)[C@H](CC)NC(=O)OCC1c2ccccc2-c2ccccc21. The van der Waals surface area contributed by atoms with Gasteiger partial charge in [-0.05, 0) is 35.1 Å². The summed E-state index contributed by atoms with van der Waals surface area (Å²) in [6.07, 6.45) is 0.275. The largest absolute Gasteiger partial charge is 0.480 e. The van der Waals surface area contributed by atoms with Gasteiger partial charge >= 0.3 is 12.1 Å². The monoisotopic (exact) mass is 424 g/mol. The van der Waals surface area contributed by atoms with E-state index in [9.17, 15) is 14.4 Å². The van der Waals surface area contributed by atoms with Gasteiger partial charge in [-0.1, -0.05) is 62.4 Å². The van der Waals surface area contributed by atoms with Crippen LogP contribution in [0.2, 0.25) is 0 Å². The Labute approximate surface area is 182 Å².